The number of aryl methyl sites for hydroxylation is 3. The van der Waals surface area contributed by atoms with E-state index in [0.29, 0.717) is 17.2 Å². The molecule has 3 aromatic heterocycles. The Balaban J connectivity index is 1.44. The first kappa shape index (κ1) is 19.8. The van der Waals surface area contributed by atoms with Crippen LogP contribution < -0.4 is 10.9 Å². The molecule has 0 spiro atoms. The molecule has 9 heteroatoms. The van der Waals surface area contributed by atoms with Crippen LogP contribution in [0, 0.1) is 19.8 Å². The summed E-state index contributed by atoms with van der Waals surface area (Å²) < 4.78 is 6.90. The summed E-state index contributed by atoms with van der Waals surface area (Å²) >= 11 is 1.52. The number of hydrogen-bond donors (Lipinski definition) is 1. The van der Waals surface area contributed by atoms with Gasteiger partial charge in [-0.3, -0.25) is 14.2 Å². The van der Waals surface area contributed by atoms with Crippen molar-refractivity contribution in [3.63, 3.8) is 0 Å². The monoisotopic (exact) mass is 415 g/mol. The average Bonchev–Trinajstić information content (AvgIpc) is 3.34. The van der Waals surface area contributed by atoms with E-state index >= 15 is 0 Å². The van der Waals surface area contributed by atoms with Crippen molar-refractivity contribution in [2.45, 2.75) is 65.5 Å². The molecule has 0 aliphatic heterocycles. The van der Waals surface area contributed by atoms with E-state index in [9.17, 15) is 9.59 Å². The van der Waals surface area contributed by atoms with Gasteiger partial charge in [0, 0.05) is 23.8 Å². The second kappa shape index (κ2) is 7.70. The summed E-state index contributed by atoms with van der Waals surface area (Å²) in [6.07, 6.45) is 3.87. The molecule has 3 heterocycles. The van der Waals surface area contributed by atoms with Gasteiger partial charge < -0.3 is 9.84 Å². The zero-order valence-electron chi connectivity index (χ0n) is 17.1. The lowest BCUT2D eigenvalue weighted by molar-refractivity contribution is -0.122. The van der Waals surface area contributed by atoms with Gasteiger partial charge in [0.2, 0.25) is 11.8 Å². The van der Waals surface area contributed by atoms with Gasteiger partial charge in [0.05, 0.1) is 11.7 Å². The smallest absolute Gasteiger partial charge is 0.262 e. The Morgan fingerprint density at radius 1 is 1.38 bits per heavy atom. The minimum atomic E-state index is -0.346. The van der Waals surface area contributed by atoms with Crippen molar-refractivity contribution >= 4 is 27.5 Å². The molecule has 8 nitrogen and oxygen atoms in total. The maximum Gasteiger partial charge on any atom is 0.262 e. The van der Waals surface area contributed by atoms with Crippen LogP contribution >= 0.6 is 11.3 Å². The van der Waals surface area contributed by atoms with Crippen LogP contribution in [0.2, 0.25) is 0 Å². The fourth-order valence-electron chi connectivity index (χ4n) is 3.29. The van der Waals surface area contributed by atoms with Gasteiger partial charge in [0.15, 0.2) is 5.82 Å². The van der Waals surface area contributed by atoms with Crippen LogP contribution in [0.25, 0.3) is 10.2 Å². The molecule has 29 heavy (non-hydrogen) atoms. The molecule has 1 amide bonds. The Morgan fingerprint density at radius 2 is 2.14 bits per heavy atom. The van der Waals surface area contributed by atoms with Crippen LogP contribution in [0.3, 0.4) is 0 Å². The minimum Gasteiger partial charge on any atom is -0.344 e. The third-order valence-corrected chi connectivity index (χ3v) is 6.50. The number of carbonyl (C=O) groups excluding carboxylic acids is 1. The molecule has 3 aromatic rings. The fraction of sp³-hybridized carbons (Fsp3) is 0.550. The van der Waals surface area contributed by atoms with E-state index < -0.39 is 0 Å². The van der Waals surface area contributed by atoms with Crippen molar-refractivity contribution < 1.29 is 9.32 Å². The second-order valence-corrected chi connectivity index (χ2v) is 9.21. The maximum absolute atomic E-state index is 12.8. The van der Waals surface area contributed by atoms with Crippen LogP contribution in [0.1, 0.15) is 67.2 Å². The van der Waals surface area contributed by atoms with Gasteiger partial charge in [-0.1, -0.05) is 19.0 Å². The lowest BCUT2D eigenvalue weighted by atomic mass is 10.0. The van der Waals surface area contributed by atoms with E-state index in [1.54, 1.807) is 0 Å². The number of aromatic nitrogens is 4. The lowest BCUT2D eigenvalue weighted by Crippen LogP contribution is -2.33. The van der Waals surface area contributed by atoms with Gasteiger partial charge in [-0.05, 0) is 38.2 Å². The van der Waals surface area contributed by atoms with E-state index in [1.165, 1.54) is 22.2 Å². The van der Waals surface area contributed by atoms with Crippen LogP contribution in [0.15, 0.2) is 15.6 Å². The molecular weight excluding hydrogens is 390 g/mol. The second-order valence-electron chi connectivity index (χ2n) is 8.01. The Bertz CT molecular complexity index is 1110. The molecule has 0 aromatic carbocycles. The first-order chi connectivity index (χ1) is 13.8. The summed E-state index contributed by atoms with van der Waals surface area (Å²) in [5.41, 5.74) is 0.861. The Morgan fingerprint density at radius 3 is 2.83 bits per heavy atom. The van der Waals surface area contributed by atoms with Gasteiger partial charge in [0.25, 0.3) is 5.56 Å². The molecule has 0 saturated heterocycles. The van der Waals surface area contributed by atoms with E-state index in [1.807, 2.05) is 27.7 Å². The Hall–Kier alpha value is -2.55. The van der Waals surface area contributed by atoms with Gasteiger partial charge >= 0.3 is 0 Å². The predicted octanol–water partition coefficient (Wildman–Crippen LogP) is 3.24. The lowest BCUT2D eigenvalue weighted by Gasteiger charge is -2.18. The van der Waals surface area contributed by atoms with E-state index in [-0.39, 0.29) is 36.4 Å². The molecule has 1 unspecified atom stereocenters. The molecule has 154 valence electrons. The van der Waals surface area contributed by atoms with E-state index in [0.717, 1.165) is 33.9 Å². The first-order valence-corrected chi connectivity index (χ1v) is 10.7. The van der Waals surface area contributed by atoms with Crippen molar-refractivity contribution in [3.05, 3.63) is 38.8 Å². The van der Waals surface area contributed by atoms with E-state index in [2.05, 4.69) is 20.4 Å². The molecule has 0 radical (unpaired) electrons. The summed E-state index contributed by atoms with van der Waals surface area (Å²) in [7, 11) is 0. The SMILES string of the molecule is Cc1sc2ncn(CCC(=O)NC(c3nc(C4CC4)no3)C(C)C)c(=O)c2c1C. The highest BCUT2D eigenvalue weighted by Gasteiger charge is 2.31. The van der Waals surface area contributed by atoms with Crippen molar-refractivity contribution in [1.82, 2.24) is 25.0 Å². The van der Waals surface area contributed by atoms with Crippen molar-refractivity contribution in [1.29, 1.82) is 0 Å². The third-order valence-electron chi connectivity index (χ3n) is 5.38. The highest BCUT2D eigenvalue weighted by Crippen LogP contribution is 2.38. The van der Waals surface area contributed by atoms with Crippen molar-refractivity contribution in [2.24, 2.45) is 5.92 Å². The number of thiophene rings is 1. The summed E-state index contributed by atoms with van der Waals surface area (Å²) in [4.78, 5) is 36.0. The largest absolute Gasteiger partial charge is 0.344 e. The number of nitrogens with one attached hydrogen (secondary N) is 1. The predicted molar refractivity (Wildman–Crippen MR) is 110 cm³/mol. The van der Waals surface area contributed by atoms with Crippen LogP contribution in [-0.2, 0) is 11.3 Å². The number of fused-ring (bicyclic) bond motifs is 1. The number of hydrogen-bond acceptors (Lipinski definition) is 7. The molecule has 1 N–H and O–H groups in total. The minimum absolute atomic E-state index is 0.101. The van der Waals surface area contributed by atoms with Crippen LogP contribution in [-0.4, -0.2) is 25.6 Å². The molecule has 1 atom stereocenters. The molecule has 4 rings (SSSR count). The zero-order valence-corrected chi connectivity index (χ0v) is 17.9. The molecule has 0 bridgehead atoms. The fourth-order valence-corrected chi connectivity index (χ4v) is 4.28. The molecule has 1 aliphatic carbocycles. The van der Waals surface area contributed by atoms with Gasteiger partial charge in [0.1, 0.15) is 10.9 Å². The maximum atomic E-state index is 12.8. The number of carbonyl (C=O) groups is 1. The number of amides is 1. The summed E-state index contributed by atoms with van der Waals surface area (Å²) in [5.74, 6) is 1.50. The summed E-state index contributed by atoms with van der Waals surface area (Å²) in [5, 5.41) is 7.67. The zero-order chi connectivity index (χ0) is 20.7. The van der Waals surface area contributed by atoms with Crippen LogP contribution in [0.4, 0.5) is 0 Å². The summed E-state index contributed by atoms with van der Waals surface area (Å²) in [6, 6.07) is -0.346. The Labute approximate surface area is 172 Å². The average molecular weight is 416 g/mol. The highest BCUT2D eigenvalue weighted by molar-refractivity contribution is 7.18. The summed E-state index contributed by atoms with van der Waals surface area (Å²) in [6.45, 7) is 8.18. The molecule has 1 aliphatic rings. The normalized spacial score (nSPS) is 15.2. The van der Waals surface area contributed by atoms with E-state index in [4.69, 9.17) is 4.52 Å². The van der Waals surface area contributed by atoms with Crippen molar-refractivity contribution in [2.75, 3.05) is 0 Å². The molecule has 1 saturated carbocycles. The molecular formula is C20H25N5O3S. The standard InChI is InChI=1S/C20H25N5O3S/c1-10(2)16(18-23-17(24-28-18)13-5-6-13)22-14(26)7-8-25-9-21-19-15(20(25)27)11(3)12(4)29-19/h9-10,13,16H,5-8H2,1-4H3,(H,22,26). The van der Waals surface area contributed by atoms with Gasteiger partial charge in [-0.2, -0.15) is 4.98 Å². The first-order valence-electron chi connectivity index (χ1n) is 9.93. The Kier molecular flexibility index (Phi) is 5.24. The number of rotatable bonds is 7. The van der Waals surface area contributed by atoms with Crippen molar-refractivity contribution in [3.8, 4) is 0 Å². The quantitative estimate of drug-likeness (QED) is 0.635. The van der Waals surface area contributed by atoms with Gasteiger partial charge in [-0.25, -0.2) is 4.98 Å². The topological polar surface area (TPSA) is 103 Å². The number of nitrogens with zero attached hydrogens (tertiary/aromatic N) is 4. The molecule has 1 fully saturated rings. The van der Waals surface area contributed by atoms with Gasteiger partial charge in [-0.15, -0.1) is 11.3 Å². The van der Waals surface area contributed by atoms with Crippen LogP contribution in [0.5, 0.6) is 0 Å². The third kappa shape index (κ3) is 3.96. The highest BCUT2D eigenvalue weighted by atomic mass is 32.1.